The molecule has 0 aliphatic rings. The molecule has 1 aromatic rings. The molecular weight excluding hydrogens is 195 g/mol. The molecule has 0 aromatic heterocycles. The van der Waals surface area contributed by atoms with Gasteiger partial charge in [0.05, 0.1) is 12.7 Å². The smallest absolute Gasteiger partial charge is 0.163 e. The highest BCUT2D eigenvalue weighted by Gasteiger charge is 2.25. The van der Waals surface area contributed by atoms with E-state index >= 15 is 0 Å². The maximum atomic E-state index is 13.8. The standard InChI is InChI=1S/C12H15FO2/c1-8(14)9-6-5-7-10(11(9)15-4)12(2,3)13/h5-7H,1-4H3. The third-order valence-corrected chi connectivity index (χ3v) is 2.24. The fourth-order valence-corrected chi connectivity index (χ4v) is 1.50. The highest BCUT2D eigenvalue weighted by molar-refractivity contribution is 5.97. The van der Waals surface area contributed by atoms with Crippen molar-refractivity contribution in [2.75, 3.05) is 7.11 Å². The number of alkyl halides is 1. The number of para-hydroxylation sites is 1. The minimum atomic E-state index is -1.52. The van der Waals surface area contributed by atoms with E-state index in [1.54, 1.807) is 18.2 Å². The number of halogens is 1. The third kappa shape index (κ3) is 2.35. The van der Waals surface area contributed by atoms with Gasteiger partial charge in [-0.15, -0.1) is 0 Å². The summed E-state index contributed by atoms with van der Waals surface area (Å²) < 4.78 is 18.9. The lowest BCUT2D eigenvalue weighted by molar-refractivity contribution is 0.101. The zero-order chi connectivity index (χ0) is 11.6. The number of rotatable bonds is 3. The third-order valence-electron chi connectivity index (χ3n) is 2.24. The van der Waals surface area contributed by atoms with Crippen LogP contribution in [0.15, 0.2) is 18.2 Å². The summed E-state index contributed by atoms with van der Waals surface area (Å²) >= 11 is 0. The van der Waals surface area contributed by atoms with E-state index < -0.39 is 5.67 Å². The topological polar surface area (TPSA) is 26.3 Å². The Kier molecular flexibility index (Phi) is 3.12. The van der Waals surface area contributed by atoms with Crippen LogP contribution in [0.1, 0.15) is 36.7 Å². The fourth-order valence-electron chi connectivity index (χ4n) is 1.50. The van der Waals surface area contributed by atoms with Gasteiger partial charge in [0, 0.05) is 5.56 Å². The van der Waals surface area contributed by atoms with E-state index in [1.165, 1.54) is 27.9 Å². The average molecular weight is 210 g/mol. The number of methoxy groups -OCH3 is 1. The van der Waals surface area contributed by atoms with Gasteiger partial charge in [-0.05, 0) is 26.8 Å². The Morgan fingerprint density at radius 1 is 1.40 bits per heavy atom. The van der Waals surface area contributed by atoms with E-state index in [1.807, 2.05) is 0 Å². The van der Waals surface area contributed by atoms with Crippen molar-refractivity contribution in [2.24, 2.45) is 0 Å². The van der Waals surface area contributed by atoms with Crippen LogP contribution in [-0.4, -0.2) is 12.9 Å². The summed E-state index contributed by atoms with van der Waals surface area (Å²) in [5.41, 5.74) is -0.699. The van der Waals surface area contributed by atoms with Crippen LogP contribution in [0.25, 0.3) is 0 Å². The van der Waals surface area contributed by atoms with E-state index in [2.05, 4.69) is 0 Å². The van der Waals surface area contributed by atoms with Crippen LogP contribution in [0, 0.1) is 0 Å². The van der Waals surface area contributed by atoms with E-state index in [0.29, 0.717) is 16.9 Å². The molecule has 0 N–H and O–H groups in total. The van der Waals surface area contributed by atoms with Gasteiger partial charge in [-0.2, -0.15) is 0 Å². The van der Waals surface area contributed by atoms with Gasteiger partial charge < -0.3 is 4.74 Å². The lowest BCUT2D eigenvalue weighted by Gasteiger charge is -2.19. The largest absolute Gasteiger partial charge is 0.496 e. The zero-order valence-corrected chi connectivity index (χ0v) is 9.43. The number of ether oxygens (including phenoxy) is 1. The van der Waals surface area contributed by atoms with Crippen LogP contribution >= 0.6 is 0 Å². The van der Waals surface area contributed by atoms with Crippen LogP contribution in [0.2, 0.25) is 0 Å². The van der Waals surface area contributed by atoms with E-state index in [0.717, 1.165) is 0 Å². The van der Waals surface area contributed by atoms with Crippen LogP contribution in [0.4, 0.5) is 4.39 Å². The molecule has 0 aliphatic heterocycles. The molecule has 0 atom stereocenters. The predicted molar refractivity (Wildman–Crippen MR) is 57.1 cm³/mol. The first-order chi connectivity index (χ1) is 6.88. The first kappa shape index (κ1) is 11.7. The predicted octanol–water partition coefficient (Wildman–Crippen LogP) is 3.10. The van der Waals surface area contributed by atoms with Crippen LogP contribution in [0.5, 0.6) is 5.75 Å². The molecule has 0 amide bonds. The molecule has 82 valence electrons. The number of carbonyl (C=O) groups excluding carboxylic acids is 1. The van der Waals surface area contributed by atoms with Gasteiger partial charge in [0.25, 0.3) is 0 Å². The second kappa shape index (κ2) is 4.01. The highest BCUT2D eigenvalue weighted by atomic mass is 19.1. The molecule has 1 aromatic carbocycles. The van der Waals surface area contributed by atoms with Crippen molar-refractivity contribution in [1.29, 1.82) is 0 Å². The summed E-state index contributed by atoms with van der Waals surface area (Å²) in [6, 6.07) is 4.93. The Balaban J connectivity index is 3.42. The summed E-state index contributed by atoms with van der Waals surface area (Å²) in [4.78, 5) is 11.3. The first-order valence-corrected chi connectivity index (χ1v) is 4.75. The van der Waals surface area contributed by atoms with Crippen LogP contribution in [-0.2, 0) is 5.67 Å². The molecule has 0 spiro atoms. The summed E-state index contributed by atoms with van der Waals surface area (Å²) in [5.74, 6) is 0.204. The Hall–Kier alpha value is -1.38. The van der Waals surface area contributed by atoms with Crippen molar-refractivity contribution < 1.29 is 13.9 Å². The maximum absolute atomic E-state index is 13.8. The second-order valence-electron chi connectivity index (χ2n) is 3.92. The molecule has 0 saturated carbocycles. The molecule has 0 radical (unpaired) electrons. The average Bonchev–Trinajstić information content (AvgIpc) is 2.15. The Labute approximate surface area is 89.1 Å². The van der Waals surface area contributed by atoms with E-state index in [4.69, 9.17) is 4.74 Å². The molecule has 15 heavy (non-hydrogen) atoms. The molecule has 3 heteroatoms. The number of hydrogen-bond donors (Lipinski definition) is 0. The van der Waals surface area contributed by atoms with E-state index in [9.17, 15) is 9.18 Å². The summed E-state index contributed by atoms with van der Waals surface area (Å²) in [5, 5.41) is 0. The molecule has 0 fully saturated rings. The minimum Gasteiger partial charge on any atom is -0.496 e. The van der Waals surface area contributed by atoms with Crippen molar-refractivity contribution in [1.82, 2.24) is 0 Å². The second-order valence-corrected chi connectivity index (χ2v) is 3.92. The molecule has 0 unspecified atom stereocenters. The van der Waals surface area contributed by atoms with Crippen molar-refractivity contribution in [3.05, 3.63) is 29.3 Å². The van der Waals surface area contributed by atoms with Gasteiger partial charge in [0.1, 0.15) is 11.4 Å². The fraction of sp³-hybridized carbons (Fsp3) is 0.417. The van der Waals surface area contributed by atoms with Gasteiger partial charge >= 0.3 is 0 Å². The number of hydrogen-bond acceptors (Lipinski definition) is 2. The monoisotopic (exact) mass is 210 g/mol. The van der Waals surface area contributed by atoms with Gasteiger partial charge in [-0.25, -0.2) is 4.39 Å². The zero-order valence-electron chi connectivity index (χ0n) is 9.43. The maximum Gasteiger partial charge on any atom is 0.163 e. The van der Waals surface area contributed by atoms with Gasteiger partial charge in [-0.3, -0.25) is 4.79 Å². The molecule has 0 heterocycles. The van der Waals surface area contributed by atoms with Crippen molar-refractivity contribution in [3.63, 3.8) is 0 Å². The Morgan fingerprint density at radius 2 is 2.00 bits per heavy atom. The lowest BCUT2D eigenvalue weighted by Crippen LogP contribution is -2.13. The normalized spacial score (nSPS) is 11.3. The van der Waals surface area contributed by atoms with Crippen LogP contribution < -0.4 is 4.74 Å². The molecule has 1 rings (SSSR count). The number of carbonyl (C=O) groups is 1. The summed E-state index contributed by atoms with van der Waals surface area (Å²) in [7, 11) is 1.44. The Morgan fingerprint density at radius 3 is 2.40 bits per heavy atom. The Bertz CT molecular complexity index is 378. The lowest BCUT2D eigenvalue weighted by atomic mass is 9.95. The van der Waals surface area contributed by atoms with Crippen molar-refractivity contribution >= 4 is 5.78 Å². The number of Topliss-reactive ketones (excluding diaryl/α,β-unsaturated/α-hetero) is 1. The van der Waals surface area contributed by atoms with Crippen LogP contribution in [0.3, 0.4) is 0 Å². The summed E-state index contributed by atoms with van der Waals surface area (Å²) in [6.07, 6.45) is 0. The minimum absolute atomic E-state index is 0.127. The molecule has 0 aliphatic carbocycles. The quantitative estimate of drug-likeness (QED) is 0.716. The molecular formula is C12H15FO2. The van der Waals surface area contributed by atoms with Crippen molar-refractivity contribution in [3.8, 4) is 5.75 Å². The van der Waals surface area contributed by atoms with E-state index in [-0.39, 0.29) is 5.78 Å². The van der Waals surface area contributed by atoms with Gasteiger partial charge in [0.2, 0.25) is 0 Å². The van der Waals surface area contributed by atoms with Gasteiger partial charge in [-0.1, -0.05) is 12.1 Å². The SMILES string of the molecule is COc1c(C(C)=O)cccc1C(C)(C)F. The first-order valence-electron chi connectivity index (χ1n) is 4.75. The van der Waals surface area contributed by atoms with Gasteiger partial charge in [0.15, 0.2) is 5.78 Å². The van der Waals surface area contributed by atoms with Crippen molar-refractivity contribution in [2.45, 2.75) is 26.4 Å². The molecule has 2 nitrogen and oxygen atoms in total. The number of ketones is 1. The molecule has 0 saturated heterocycles. The summed E-state index contributed by atoms with van der Waals surface area (Å²) in [6.45, 7) is 4.32. The number of benzene rings is 1. The molecule has 0 bridgehead atoms. The highest BCUT2D eigenvalue weighted by Crippen LogP contribution is 2.35.